The van der Waals surface area contributed by atoms with Crippen molar-refractivity contribution in [2.24, 2.45) is 7.05 Å². The number of amides is 1. The predicted octanol–water partition coefficient (Wildman–Crippen LogP) is 3.60. The molecule has 0 saturated carbocycles. The van der Waals surface area contributed by atoms with Gasteiger partial charge in [0.2, 0.25) is 0 Å². The summed E-state index contributed by atoms with van der Waals surface area (Å²) in [4.78, 5) is 28.0. The Labute approximate surface area is 208 Å². The highest BCUT2D eigenvalue weighted by Crippen LogP contribution is 2.35. The SMILES string of the molecule is Cc1c(/C=C2/SC(=S)N(CC3CCCO3)C2=O)c(NCCc2ccccc2)n(C)c(=O)c1C#N. The van der Waals surface area contributed by atoms with Crippen molar-refractivity contribution in [3.63, 3.8) is 0 Å². The second-order valence-electron chi connectivity index (χ2n) is 8.33. The summed E-state index contributed by atoms with van der Waals surface area (Å²) in [6, 6.07) is 12.1. The van der Waals surface area contributed by atoms with Crippen molar-refractivity contribution in [2.45, 2.75) is 32.3 Å². The van der Waals surface area contributed by atoms with E-state index in [0.717, 1.165) is 19.3 Å². The van der Waals surface area contributed by atoms with E-state index in [1.165, 1.54) is 21.9 Å². The number of nitrogens with one attached hydrogen (secondary N) is 1. The predicted molar refractivity (Wildman–Crippen MR) is 139 cm³/mol. The van der Waals surface area contributed by atoms with Gasteiger partial charge in [0, 0.05) is 25.8 Å². The van der Waals surface area contributed by atoms with Gasteiger partial charge >= 0.3 is 0 Å². The highest BCUT2D eigenvalue weighted by atomic mass is 32.2. The normalized spacial score (nSPS) is 19.1. The number of benzene rings is 1. The number of hydrogen-bond acceptors (Lipinski definition) is 7. The van der Waals surface area contributed by atoms with E-state index in [9.17, 15) is 14.9 Å². The van der Waals surface area contributed by atoms with Crippen LogP contribution in [0.5, 0.6) is 0 Å². The minimum absolute atomic E-state index is 0.00142. The van der Waals surface area contributed by atoms with Crippen LogP contribution in [0.1, 0.15) is 35.1 Å². The molecular weight excluding hydrogens is 468 g/mol. The number of aromatic nitrogens is 1. The maximum atomic E-state index is 13.2. The maximum absolute atomic E-state index is 13.2. The molecule has 2 saturated heterocycles. The quantitative estimate of drug-likeness (QED) is 0.465. The monoisotopic (exact) mass is 494 g/mol. The summed E-state index contributed by atoms with van der Waals surface area (Å²) in [5.41, 5.74) is 2.05. The van der Waals surface area contributed by atoms with E-state index in [1.54, 1.807) is 24.9 Å². The third kappa shape index (κ3) is 4.94. The molecule has 1 aromatic heterocycles. The van der Waals surface area contributed by atoms with Gasteiger partial charge in [-0.25, -0.2) is 0 Å². The summed E-state index contributed by atoms with van der Waals surface area (Å²) in [5.74, 6) is 0.398. The van der Waals surface area contributed by atoms with Crippen LogP contribution in [0.25, 0.3) is 6.08 Å². The lowest BCUT2D eigenvalue weighted by Gasteiger charge is -2.19. The number of thiocarbonyl (C=S) groups is 1. The van der Waals surface area contributed by atoms with Gasteiger partial charge in [-0.3, -0.25) is 19.1 Å². The van der Waals surface area contributed by atoms with E-state index < -0.39 is 0 Å². The first-order valence-corrected chi connectivity index (χ1v) is 12.4. The Balaban J connectivity index is 1.65. The molecule has 1 atom stereocenters. The second-order valence-corrected chi connectivity index (χ2v) is 10.0. The van der Waals surface area contributed by atoms with Gasteiger partial charge in [0.25, 0.3) is 11.5 Å². The minimum atomic E-state index is -0.370. The van der Waals surface area contributed by atoms with Crippen LogP contribution in [0.2, 0.25) is 0 Å². The van der Waals surface area contributed by atoms with E-state index in [1.807, 2.05) is 36.4 Å². The minimum Gasteiger partial charge on any atom is -0.376 e. The molecule has 34 heavy (non-hydrogen) atoms. The van der Waals surface area contributed by atoms with E-state index in [4.69, 9.17) is 17.0 Å². The van der Waals surface area contributed by atoms with E-state index in [2.05, 4.69) is 5.32 Å². The fraction of sp³-hybridized carbons (Fsp3) is 0.360. The molecule has 0 spiro atoms. The van der Waals surface area contributed by atoms with Crippen LogP contribution in [-0.2, 0) is 23.0 Å². The van der Waals surface area contributed by atoms with Gasteiger partial charge < -0.3 is 10.1 Å². The topological polar surface area (TPSA) is 87.4 Å². The molecule has 0 aliphatic carbocycles. The Kier molecular flexibility index (Phi) is 7.51. The first kappa shape index (κ1) is 24.2. The first-order chi connectivity index (χ1) is 16.4. The second kappa shape index (κ2) is 10.6. The molecule has 4 rings (SSSR count). The standard InChI is InChI=1S/C25H26N4O3S2/c1-16-19(13-21-24(31)29(25(33)34-21)15-18-9-6-12-32-18)22(28(2)23(30)20(16)14-26)27-11-10-17-7-4-3-5-8-17/h3-5,7-8,13,18,27H,6,9-12,15H2,1-2H3/b21-13+. The molecule has 1 unspecified atom stereocenters. The molecule has 1 aromatic carbocycles. The van der Waals surface area contributed by atoms with Gasteiger partial charge in [-0.1, -0.05) is 54.3 Å². The Morgan fingerprint density at radius 1 is 1.32 bits per heavy atom. The number of nitriles is 1. The van der Waals surface area contributed by atoms with Crippen LogP contribution in [-0.4, -0.2) is 45.5 Å². The van der Waals surface area contributed by atoms with Crippen LogP contribution in [0.4, 0.5) is 5.82 Å². The van der Waals surface area contributed by atoms with Gasteiger partial charge in [-0.2, -0.15) is 5.26 Å². The van der Waals surface area contributed by atoms with Crippen molar-refractivity contribution in [2.75, 3.05) is 25.0 Å². The number of rotatable bonds is 7. The number of thioether (sulfide) groups is 1. The average molecular weight is 495 g/mol. The number of nitrogens with zero attached hydrogens (tertiary/aromatic N) is 3. The van der Waals surface area contributed by atoms with Crippen LogP contribution < -0.4 is 10.9 Å². The molecule has 2 aliphatic rings. The molecule has 7 nitrogen and oxygen atoms in total. The number of hydrogen-bond donors (Lipinski definition) is 1. The fourth-order valence-corrected chi connectivity index (χ4v) is 5.45. The van der Waals surface area contributed by atoms with Gasteiger partial charge in [0.15, 0.2) is 0 Å². The number of anilines is 1. The van der Waals surface area contributed by atoms with E-state index >= 15 is 0 Å². The van der Waals surface area contributed by atoms with Gasteiger partial charge in [-0.15, -0.1) is 0 Å². The molecule has 2 fully saturated rings. The summed E-state index contributed by atoms with van der Waals surface area (Å²) in [5, 5.41) is 13.0. The van der Waals surface area contributed by atoms with Crippen molar-refractivity contribution >= 4 is 46.1 Å². The lowest BCUT2D eigenvalue weighted by atomic mass is 10.0. The van der Waals surface area contributed by atoms with Crippen LogP contribution in [0, 0.1) is 18.3 Å². The zero-order chi connectivity index (χ0) is 24.2. The summed E-state index contributed by atoms with van der Waals surface area (Å²) in [7, 11) is 1.63. The Morgan fingerprint density at radius 3 is 2.76 bits per heavy atom. The third-order valence-corrected chi connectivity index (χ3v) is 7.49. The van der Waals surface area contributed by atoms with Crippen LogP contribution in [0.15, 0.2) is 40.0 Å². The van der Waals surface area contributed by atoms with Crippen molar-refractivity contribution in [3.8, 4) is 6.07 Å². The Bertz CT molecular complexity index is 1240. The van der Waals surface area contributed by atoms with Crippen molar-refractivity contribution < 1.29 is 9.53 Å². The van der Waals surface area contributed by atoms with Gasteiger partial charge in [-0.05, 0) is 43.4 Å². The van der Waals surface area contributed by atoms with Crippen LogP contribution in [0.3, 0.4) is 0 Å². The average Bonchev–Trinajstić information content (AvgIpc) is 3.44. The Hall–Kier alpha value is -2.93. The van der Waals surface area contributed by atoms with E-state index in [0.29, 0.717) is 45.9 Å². The zero-order valence-electron chi connectivity index (χ0n) is 19.2. The Morgan fingerprint density at radius 2 is 2.09 bits per heavy atom. The molecule has 1 amide bonds. The molecule has 9 heteroatoms. The van der Waals surface area contributed by atoms with Gasteiger partial charge in [0.05, 0.1) is 17.6 Å². The summed E-state index contributed by atoms with van der Waals surface area (Å²) >= 11 is 6.72. The third-order valence-electron chi connectivity index (χ3n) is 6.11. The molecule has 2 aliphatic heterocycles. The highest BCUT2D eigenvalue weighted by Gasteiger charge is 2.35. The lowest BCUT2D eigenvalue weighted by molar-refractivity contribution is -0.123. The molecule has 3 heterocycles. The van der Waals surface area contributed by atoms with Crippen molar-refractivity contribution in [1.82, 2.24) is 9.47 Å². The largest absolute Gasteiger partial charge is 0.376 e. The number of ether oxygens (including phenoxy) is 1. The van der Waals surface area contributed by atoms with Gasteiger partial charge in [0.1, 0.15) is 21.8 Å². The van der Waals surface area contributed by atoms with E-state index in [-0.39, 0.29) is 23.1 Å². The summed E-state index contributed by atoms with van der Waals surface area (Å²) in [6.45, 7) is 3.48. The summed E-state index contributed by atoms with van der Waals surface area (Å²) in [6.07, 6.45) is 4.41. The molecule has 2 aromatic rings. The zero-order valence-corrected chi connectivity index (χ0v) is 20.8. The fourth-order valence-electron chi connectivity index (χ4n) is 4.20. The highest BCUT2D eigenvalue weighted by molar-refractivity contribution is 8.26. The number of carbonyl (C=O) groups is 1. The summed E-state index contributed by atoms with van der Waals surface area (Å²) < 4.78 is 7.61. The molecular formula is C25H26N4O3S2. The maximum Gasteiger partial charge on any atom is 0.270 e. The molecule has 0 radical (unpaired) electrons. The smallest absolute Gasteiger partial charge is 0.270 e. The molecule has 0 bridgehead atoms. The van der Waals surface area contributed by atoms with Crippen molar-refractivity contribution in [3.05, 3.63) is 67.8 Å². The molecule has 1 N–H and O–H groups in total. The van der Waals surface area contributed by atoms with Crippen molar-refractivity contribution in [1.29, 1.82) is 5.26 Å². The number of pyridine rings is 1. The molecule has 176 valence electrons. The number of carbonyl (C=O) groups excluding carboxylic acids is 1. The lowest BCUT2D eigenvalue weighted by Crippen LogP contribution is -2.35. The van der Waals surface area contributed by atoms with Crippen LogP contribution >= 0.6 is 24.0 Å². The first-order valence-electron chi connectivity index (χ1n) is 11.2.